The van der Waals surface area contributed by atoms with Gasteiger partial charge in [0.15, 0.2) is 0 Å². The summed E-state index contributed by atoms with van der Waals surface area (Å²) in [7, 11) is 0. The highest BCUT2D eigenvalue weighted by molar-refractivity contribution is 5.79. The molecule has 1 aliphatic heterocycles. The zero-order valence-electron chi connectivity index (χ0n) is 8.24. The molecule has 4 heteroatoms. The molecule has 0 aromatic carbocycles. The van der Waals surface area contributed by atoms with E-state index in [0.717, 1.165) is 25.8 Å². The molecular formula is C10H17NO3. The standard InChI is InChI=1S/C10H17NO3/c12-10(13)4-2-6-14-8-9-3-1-5-11-7-9/h2,4,9,11H,1,3,5-8H2,(H,12,13)/b4-2+. The van der Waals surface area contributed by atoms with Gasteiger partial charge in [-0.25, -0.2) is 4.79 Å². The van der Waals surface area contributed by atoms with Crippen molar-refractivity contribution in [1.29, 1.82) is 0 Å². The van der Waals surface area contributed by atoms with Crippen molar-refractivity contribution in [1.82, 2.24) is 5.32 Å². The SMILES string of the molecule is O=C(O)/C=C/COCC1CCCNC1. The molecule has 0 radical (unpaired) electrons. The zero-order valence-corrected chi connectivity index (χ0v) is 8.24. The number of carbonyl (C=O) groups is 1. The van der Waals surface area contributed by atoms with E-state index in [4.69, 9.17) is 9.84 Å². The second-order valence-corrected chi connectivity index (χ2v) is 3.49. The molecule has 1 unspecified atom stereocenters. The number of hydrogen-bond donors (Lipinski definition) is 2. The van der Waals surface area contributed by atoms with Crippen LogP contribution in [0, 0.1) is 5.92 Å². The predicted octanol–water partition coefficient (Wildman–Crippen LogP) is 0.643. The average Bonchev–Trinajstić information content (AvgIpc) is 2.18. The van der Waals surface area contributed by atoms with Gasteiger partial charge in [0, 0.05) is 12.6 Å². The summed E-state index contributed by atoms with van der Waals surface area (Å²) in [4.78, 5) is 10.1. The molecule has 1 rings (SSSR count). The van der Waals surface area contributed by atoms with Crippen LogP contribution in [0.15, 0.2) is 12.2 Å². The number of carboxylic acid groups (broad SMARTS) is 1. The molecule has 1 atom stereocenters. The third-order valence-corrected chi connectivity index (χ3v) is 2.23. The molecule has 1 fully saturated rings. The van der Waals surface area contributed by atoms with Gasteiger partial charge in [-0.15, -0.1) is 0 Å². The smallest absolute Gasteiger partial charge is 0.328 e. The van der Waals surface area contributed by atoms with E-state index in [1.54, 1.807) is 0 Å². The molecule has 1 saturated heterocycles. The number of piperidine rings is 1. The number of hydrogen-bond acceptors (Lipinski definition) is 3. The molecule has 4 nitrogen and oxygen atoms in total. The lowest BCUT2D eigenvalue weighted by atomic mass is 10.0. The van der Waals surface area contributed by atoms with E-state index in [-0.39, 0.29) is 0 Å². The first-order valence-electron chi connectivity index (χ1n) is 4.97. The van der Waals surface area contributed by atoms with Crippen molar-refractivity contribution in [3.63, 3.8) is 0 Å². The minimum absolute atomic E-state index is 0.392. The molecule has 0 saturated carbocycles. The maximum Gasteiger partial charge on any atom is 0.328 e. The highest BCUT2D eigenvalue weighted by Gasteiger charge is 2.11. The largest absolute Gasteiger partial charge is 0.478 e. The van der Waals surface area contributed by atoms with E-state index in [9.17, 15) is 4.79 Å². The van der Waals surface area contributed by atoms with E-state index >= 15 is 0 Å². The average molecular weight is 199 g/mol. The Bertz CT molecular complexity index is 198. The first kappa shape index (κ1) is 11.2. The molecule has 0 amide bonds. The quantitative estimate of drug-likeness (QED) is 0.504. The van der Waals surface area contributed by atoms with Crippen molar-refractivity contribution in [3.8, 4) is 0 Å². The molecular weight excluding hydrogens is 182 g/mol. The molecule has 0 aliphatic carbocycles. The molecule has 0 aromatic heterocycles. The van der Waals surface area contributed by atoms with Gasteiger partial charge in [0.2, 0.25) is 0 Å². The Morgan fingerprint density at radius 2 is 2.50 bits per heavy atom. The second kappa shape index (κ2) is 6.56. The van der Waals surface area contributed by atoms with Crippen molar-refractivity contribution in [2.45, 2.75) is 12.8 Å². The lowest BCUT2D eigenvalue weighted by Crippen LogP contribution is -2.32. The van der Waals surface area contributed by atoms with Crippen molar-refractivity contribution in [2.75, 3.05) is 26.3 Å². The highest BCUT2D eigenvalue weighted by atomic mass is 16.5. The molecule has 0 bridgehead atoms. The number of ether oxygens (including phenoxy) is 1. The topological polar surface area (TPSA) is 58.6 Å². The summed E-state index contributed by atoms with van der Waals surface area (Å²) in [6, 6.07) is 0. The highest BCUT2D eigenvalue weighted by Crippen LogP contribution is 2.09. The van der Waals surface area contributed by atoms with Gasteiger partial charge in [-0.1, -0.05) is 6.08 Å². The molecule has 80 valence electrons. The zero-order chi connectivity index (χ0) is 10.2. The Labute approximate surface area is 83.9 Å². The Hall–Kier alpha value is -0.870. The van der Waals surface area contributed by atoms with Gasteiger partial charge in [-0.05, 0) is 25.3 Å². The van der Waals surface area contributed by atoms with E-state index in [1.807, 2.05) is 0 Å². The van der Waals surface area contributed by atoms with Crippen LogP contribution < -0.4 is 5.32 Å². The van der Waals surface area contributed by atoms with Crippen molar-refractivity contribution < 1.29 is 14.6 Å². The van der Waals surface area contributed by atoms with Gasteiger partial charge in [0.05, 0.1) is 13.2 Å². The summed E-state index contributed by atoms with van der Waals surface area (Å²) in [6.45, 7) is 3.23. The van der Waals surface area contributed by atoms with Crippen molar-refractivity contribution in [3.05, 3.63) is 12.2 Å². The molecule has 0 spiro atoms. The van der Waals surface area contributed by atoms with E-state index in [1.165, 1.54) is 18.9 Å². The van der Waals surface area contributed by atoms with Crippen LogP contribution in [0.3, 0.4) is 0 Å². The van der Waals surface area contributed by atoms with Gasteiger partial charge in [0.1, 0.15) is 0 Å². The summed E-state index contributed by atoms with van der Waals surface area (Å²) >= 11 is 0. The third-order valence-electron chi connectivity index (χ3n) is 2.23. The van der Waals surface area contributed by atoms with Crippen LogP contribution in [-0.4, -0.2) is 37.4 Å². The summed E-state index contributed by atoms with van der Waals surface area (Å²) < 4.78 is 5.33. The lowest BCUT2D eigenvalue weighted by molar-refractivity contribution is -0.131. The number of carboxylic acids is 1. The van der Waals surface area contributed by atoms with E-state index < -0.39 is 5.97 Å². The van der Waals surface area contributed by atoms with Gasteiger partial charge in [-0.3, -0.25) is 0 Å². The van der Waals surface area contributed by atoms with Crippen LogP contribution in [0.25, 0.3) is 0 Å². The fraction of sp³-hybridized carbons (Fsp3) is 0.700. The molecule has 0 aromatic rings. The molecule has 2 N–H and O–H groups in total. The summed E-state index contributed by atoms with van der Waals surface area (Å²) in [5.74, 6) is -0.338. The predicted molar refractivity (Wildman–Crippen MR) is 53.2 cm³/mol. The first-order chi connectivity index (χ1) is 6.79. The maximum atomic E-state index is 10.1. The third kappa shape index (κ3) is 4.99. The van der Waals surface area contributed by atoms with Gasteiger partial charge in [-0.2, -0.15) is 0 Å². The van der Waals surface area contributed by atoms with Gasteiger partial charge < -0.3 is 15.2 Å². The van der Waals surface area contributed by atoms with Crippen molar-refractivity contribution >= 4 is 5.97 Å². The van der Waals surface area contributed by atoms with Crippen LogP contribution in [0.4, 0.5) is 0 Å². The Morgan fingerprint density at radius 3 is 3.14 bits per heavy atom. The fourth-order valence-corrected chi connectivity index (χ4v) is 1.52. The fourth-order valence-electron chi connectivity index (χ4n) is 1.52. The van der Waals surface area contributed by atoms with Crippen molar-refractivity contribution in [2.24, 2.45) is 5.92 Å². The van der Waals surface area contributed by atoms with Crippen LogP contribution in [0.1, 0.15) is 12.8 Å². The number of aliphatic carboxylic acids is 1. The Kier molecular flexibility index (Phi) is 5.25. The number of rotatable bonds is 5. The first-order valence-corrected chi connectivity index (χ1v) is 4.97. The summed E-state index contributed by atoms with van der Waals surface area (Å²) in [5.41, 5.74) is 0. The van der Waals surface area contributed by atoms with Crippen LogP contribution in [0.5, 0.6) is 0 Å². The summed E-state index contributed by atoms with van der Waals surface area (Å²) in [5, 5.41) is 11.6. The van der Waals surface area contributed by atoms with E-state index in [2.05, 4.69) is 5.32 Å². The monoisotopic (exact) mass is 199 g/mol. The van der Waals surface area contributed by atoms with Crippen LogP contribution >= 0.6 is 0 Å². The van der Waals surface area contributed by atoms with Gasteiger partial charge >= 0.3 is 5.97 Å². The number of nitrogens with one attached hydrogen (secondary N) is 1. The minimum Gasteiger partial charge on any atom is -0.478 e. The Morgan fingerprint density at radius 1 is 1.64 bits per heavy atom. The van der Waals surface area contributed by atoms with Crippen LogP contribution in [-0.2, 0) is 9.53 Å². The van der Waals surface area contributed by atoms with Crippen LogP contribution in [0.2, 0.25) is 0 Å². The Balaban J connectivity index is 2.00. The molecule has 1 heterocycles. The normalized spacial score (nSPS) is 22.7. The molecule has 1 aliphatic rings. The summed E-state index contributed by atoms with van der Waals surface area (Å²) in [6.07, 6.45) is 5.05. The van der Waals surface area contributed by atoms with Gasteiger partial charge in [0.25, 0.3) is 0 Å². The maximum absolute atomic E-state index is 10.1. The second-order valence-electron chi connectivity index (χ2n) is 3.49. The minimum atomic E-state index is -0.923. The lowest BCUT2D eigenvalue weighted by Gasteiger charge is -2.22. The van der Waals surface area contributed by atoms with E-state index in [0.29, 0.717) is 12.5 Å². The molecule has 14 heavy (non-hydrogen) atoms.